The summed E-state index contributed by atoms with van der Waals surface area (Å²) in [5.74, 6) is 0.641. The number of nitrogens with two attached hydrogens (primary N) is 1. The molecular weight excluding hydrogens is 252 g/mol. The fourth-order valence-electron chi connectivity index (χ4n) is 1.49. The van der Waals surface area contributed by atoms with Crippen molar-refractivity contribution in [3.63, 3.8) is 0 Å². The van der Waals surface area contributed by atoms with Crippen molar-refractivity contribution in [2.45, 2.75) is 11.4 Å². The molecule has 1 aromatic heterocycles. The molecule has 1 aromatic carbocycles. The molecule has 2 rings (SSSR count). The maximum absolute atomic E-state index is 12.0. The van der Waals surface area contributed by atoms with Crippen molar-refractivity contribution >= 4 is 15.7 Å². The molecule has 0 aliphatic carbocycles. The Bertz CT molecular complexity index is 649. The third-order valence-corrected chi connectivity index (χ3v) is 3.91. The number of nitrogen functional groups attached to an aromatic ring is 1. The predicted octanol–water partition coefficient (Wildman–Crippen LogP) is 0.481. The third-order valence-electron chi connectivity index (χ3n) is 2.51. The zero-order chi connectivity index (χ0) is 13.2. The topological polar surface area (TPSA) is 90.0 Å². The first-order valence-corrected chi connectivity index (χ1v) is 6.79. The summed E-state index contributed by atoms with van der Waals surface area (Å²) in [6.45, 7) is 0.140. The van der Waals surface area contributed by atoms with Crippen molar-refractivity contribution in [1.82, 2.24) is 14.3 Å². The fourth-order valence-corrected chi connectivity index (χ4v) is 2.53. The summed E-state index contributed by atoms with van der Waals surface area (Å²) < 4.78 is 28.2. The van der Waals surface area contributed by atoms with Crippen LogP contribution in [0.5, 0.6) is 0 Å². The maximum atomic E-state index is 12.0. The van der Waals surface area contributed by atoms with Crippen LogP contribution < -0.4 is 10.5 Å². The number of hydrogen-bond donors (Lipinski definition) is 2. The fraction of sp³-hybridized carbons (Fsp3) is 0.182. The van der Waals surface area contributed by atoms with E-state index in [0.29, 0.717) is 11.5 Å². The average Bonchev–Trinajstić information content (AvgIpc) is 2.72. The number of rotatable bonds is 4. The Hall–Kier alpha value is -1.86. The first-order chi connectivity index (χ1) is 8.49. The number of aromatic nitrogens is 2. The Morgan fingerprint density at radius 3 is 2.83 bits per heavy atom. The van der Waals surface area contributed by atoms with E-state index >= 15 is 0 Å². The molecule has 0 saturated heterocycles. The lowest BCUT2D eigenvalue weighted by Gasteiger charge is -2.07. The van der Waals surface area contributed by atoms with Crippen LogP contribution in [0, 0.1) is 0 Å². The lowest BCUT2D eigenvalue weighted by molar-refractivity contribution is 0.577. The van der Waals surface area contributed by atoms with Crippen molar-refractivity contribution in [3.05, 3.63) is 42.5 Å². The molecule has 6 nitrogen and oxygen atoms in total. The van der Waals surface area contributed by atoms with Crippen molar-refractivity contribution < 1.29 is 8.42 Å². The molecule has 0 atom stereocenters. The van der Waals surface area contributed by atoms with Gasteiger partial charge in [-0.15, -0.1) is 0 Å². The maximum Gasteiger partial charge on any atom is 0.241 e. The first kappa shape index (κ1) is 12.6. The highest BCUT2D eigenvalue weighted by Gasteiger charge is 2.14. The summed E-state index contributed by atoms with van der Waals surface area (Å²) in [4.78, 5) is 4.19. The molecule has 0 spiro atoms. The van der Waals surface area contributed by atoms with Crippen LogP contribution in [0.25, 0.3) is 0 Å². The van der Waals surface area contributed by atoms with E-state index in [2.05, 4.69) is 9.71 Å². The van der Waals surface area contributed by atoms with Gasteiger partial charge in [0.15, 0.2) is 0 Å². The third kappa shape index (κ3) is 2.69. The monoisotopic (exact) mass is 266 g/mol. The number of nitrogens with zero attached hydrogens (tertiary/aromatic N) is 2. The SMILES string of the molecule is Cn1ccnc1CNS(=O)(=O)c1cccc(N)c1. The van der Waals surface area contributed by atoms with Gasteiger partial charge >= 0.3 is 0 Å². The number of benzene rings is 1. The van der Waals surface area contributed by atoms with Crippen molar-refractivity contribution in [2.75, 3.05) is 5.73 Å². The molecule has 0 amide bonds. The van der Waals surface area contributed by atoms with Crippen LogP contribution >= 0.6 is 0 Å². The zero-order valence-electron chi connectivity index (χ0n) is 9.87. The van der Waals surface area contributed by atoms with Crippen molar-refractivity contribution in [2.24, 2.45) is 7.05 Å². The molecular formula is C11H14N4O2S. The van der Waals surface area contributed by atoms with Crippen molar-refractivity contribution in [3.8, 4) is 0 Å². The highest BCUT2D eigenvalue weighted by molar-refractivity contribution is 7.89. The molecule has 0 bridgehead atoms. The summed E-state index contributed by atoms with van der Waals surface area (Å²) in [7, 11) is -1.76. The van der Waals surface area contributed by atoms with E-state index in [-0.39, 0.29) is 11.4 Å². The molecule has 3 N–H and O–H groups in total. The molecule has 0 unspecified atom stereocenters. The number of anilines is 1. The van der Waals surface area contributed by atoms with Crippen LogP contribution in [-0.4, -0.2) is 18.0 Å². The minimum absolute atomic E-state index is 0.140. The van der Waals surface area contributed by atoms with Crippen LogP contribution in [0.1, 0.15) is 5.82 Å². The quantitative estimate of drug-likeness (QED) is 0.788. The minimum Gasteiger partial charge on any atom is -0.399 e. The summed E-state index contributed by atoms with van der Waals surface area (Å²) in [5, 5.41) is 0. The second-order valence-electron chi connectivity index (χ2n) is 3.85. The van der Waals surface area contributed by atoms with Crippen molar-refractivity contribution in [1.29, 1.82) is 0 Å². The standard InChI is InChI=1S/C11H14N4O2S/c1-15-6-5-13-11(15)8-14-18(16,17)10-4-2-3-9(12)7-10/h2-7,14H,8,12H2,1H3. The molecule has 0 aliphatic heterocycles. The average molecular weight is 266 g/mol. The van der Waals surface area contributed by atoms with Gasteiger partial charge in [-0.2, -0.15) is 0 Å². The van der Waals surface area contributed by atoms with E-state index in [1.165, 1.54) is 12.1 Å². The first-order valence-electron chi connectivity index (χ1n) is 5.30. The molecule has 7 heteroatoms. The Balaban J connectivity index is 2.16. The van der Waals surface area contributed by atoms with Gasteiger partial charge in [-0.05, 0) is 18.2 Å². The lowest BCUT2D eigenvalue weighted by atomic mass is 10.3. The van der Waals surface area contributed by atoms with Gasteiger partial charge in [0.05, 0.1) is 11.4 Å². The molecule has 96 valence electrons. The normalized spacial score (nSPS) is 11.6. The van der Waals surface area contributed by atoms with E-state index in [9.17, 15) is 8.42 Å². The molecule has 1 heterocycles. The van der Waals surface area contributed by atoms with Gasteiger partial charge in [0.2, 0.25) is 10.0 Å². The van der Waals surface area contributed by atoms with Gasteiger partial charge in [0.1, 0.15) is 5.82 Å². The zero-order valence-corrected chi connectivity index (χ0v) is 10.7. The summed E-state index contributed by atoms with van der Waals surface area (Å²) in [6, 6.07) is 6.15. The smallest absolute Gasteiger partial charge is 0.241 e. The van der Waals surface area contributed by atoms with Crippen LogP contribution in [0.4, 0.5) is 5.69 Å². The number of imidazole rings is 1. The molecule has 0 fully saturated rings. The molecule has 0 saturated carbocycles. The van der Waals surface area contributed by atoms with Gasteiger partial charge in [0, 0.05) is 25.1 Å². The van der Waals surface area contributed by atoms with Crippen LogP contribution in [0.15, 0.2) is 41.6 Å². The van der Waals surface area contributed by atoms with Gasteiger partial charge in [-0.3, -0.25) is 0 Å². The summed E-state index contributed by atoms with van der Waals surface area (Å²) >= 11 is 0. The van der Waals surface area contributed by atoms with E-state index in [1.807, 2.05) is 0 Å². The van der Waals surface area contributed by atoms with Crippen LogP contribution in [0.3, 0.4) is 0 Å². The van der Waals surface area contributed by atoms with Gasteiger partial charge in [-0.25, -0.2) is 18.1 Å². The van der Waals surface area contributed by atoms with Gasteiger partial charge < -0.3 is 10.3 Å². The van der Waals surface area contributed by atoms with E-state index in [0.717, 1.165) is 0 Å². The van der Waals surface area contributed by atoms with E-state index in [1.54, 1.807) is 36.1 Å². The molecule has 0 radical (unpaired) electrons. The largest absolute Gasteiger partial charge is 0.399 e. The molecule has 2 aromatic rings. The number of sulfonamides is 1. The van der Waals surface area contributed by atoms with E-state index < -0.39 is 10.0 Å². The highest BCUT2D eigenvalue weighted by Crippen LogP contribution is 2.12. The van der Waals surface area contributed by atoms with Gasteiger partial charge in [0.25, 0.3) is 0 Å². The Labute approximate surface area is 106 Å². The number of aryl methyl sites for hydroxylation is 1. The molecule has 18 heavy (non-hydrogen) atoms. The van der Waals surface area contributed by atoms with Crippen LogP contribution in [-0.2, 0) is 23.6 Å². The Kier molecular flexibility index (Phi) is 3.35. The van der Waals surface area contributed by atoms with E-state index in [4.69, 9.17) is 5.73 Å². The van der Waals surface area contributed by atoms with Crippen LogP contribution in [0.2, 0.25) is 0 Å². The van der Waals surface area contributed by atoms with Gasteiger partial charge in [-0.1, -0.05) is 6.07 Å². The molecule has 0 aliphatic rings. The summed E-state index contributed by atoms with van der Waals surface area (Å²) in [5.41, 5.74) is 5.97. The minimum atomic E-state index is -3.56. The Morgan fingerprint density at radius 2 is 2.22 bits per heavy atom. The number of nitrogens with one attached hydrogen (secondary N) is 1. The predicted molar refractivity (Wildman–Crippen MR) is 68.1 cm³/mol. The second-order valence-corrected chi connectivity index (χ2v) is 5.62. The highest BCUT2D eigenvalue weighted by atomic mass is 32.2. The number of hydrogen-bond acceptors (Lipinski definition) is 4. The Morgan fingerprint density at radius 1 is 1.44 bits per heavy atom. The summed E-state index contributed by atoms with van der Waals surface area (Å²) in [6.07, 6.45) is 3.37. The lowest BCUT2D eigenvalue weighted by Crippen LogP contribution is -2.24. The second kappa shape index (κ2) is 4.79.